The maximum atomic E-state index is 5.67. The third-order valence-corrected chi connectivity index (χ3v) is 4.04. The van der Waals surface area contributed by atoms with Crippen LogP contribution in [0.25, 0.3) is 0 Å². The monoisotopic (exact) mass is 290 g/mol. The first-order chi connectivity index (χ1) is 10.3. The second-order valence-corrected chi connectivity index (χ2v) is 5.93. The molecule has 1 N–H and O–H groups in total. The van der Waals surface area contributed by atoms with Gasteiger partial charge >= 0.3 is 0 Å². The van der Waals surface area contributed by atoms with Crippen LogP contribution in [-0.2, 0) is 0 Å². The van der Waals surface area contributed by atoms with E-state index in [-0.39, 0.29) is 0 Å². The molecule has 0 saturated carbocycles. The van der Waals surface area contributed by atoms with E-state index >= 15 is 0 Å². The number of nitrogens with one attached hydrogen (secondary N) is 1. The van der Waals surface area contributed by atoms with Gasteiger partial charge in [0.25, 0.3) is 0 Å². The molecule has 21 heavy (non-hydrogen) atoms. The van der Waals surface area contributed by atoms with Crippen LogP contribution in [0.15, 0.2) is 24.3 Å². The first-order valence-corrected chi connectivity index (χ1v) is 8.52. The Hall–Kier alpha value is -1.06. The molecule has 0 radical (unpaired) electrons. The second-order valence-electron chi connectivity index (χ2n) is 5.93. The molecule has 1 unspecified atom stereocenters. The van der Waals surface area contributed by atoms with E-state index in [1.54, 1.807) is 0 Å². The molecule has 1 aliphatic rings. The van der Waals surface area contributed by atoms with E-state index in [1.807, 2.05) is 0 Å². The van der Waals surface area contributed by atoms with Gasteiger partial charge in [-0.1, -0.05) is 26.0 Å². The molecule has 3 heteroatoms. The summed E-state index contributed by atoms with van der Waals surface area (Å²) in [6.45, 7) is 9.85. The van der Waals surface area contributed by atoms with Gasteiger partial charge in [0.1, 0.15) is 5.75 Å². The summed E-state index contributed by atoms with van der Waals surface area (Å²) in [7, 11) is 0. The van der Waals surface area contributed by atoms with E-state index in [0.29, 0.717) is 6.04 Å². The van der Waals surface area contributed by atoms with Gasteiger partial charge in [-0.25, -0.2) is 0 Å². The number of nitrogens with zero attached hydrogens (tertiary/aromatic N) is 1. The Morgan fingerprint density at radius 1 is 1.10 bits per heavy atom. The summed E-state index contributed by atoms with van der Waals surface area (Å²) in [5.41, 5.74) is 1.37. The molecule has 0 aliphatic carbocycles. The van der Waals surface area contributed by atoms with Crippen LogP contribution < -0.4 is 10.1 Å². The predicted molar refractivity (Wildman–Crippen MR) is 88.9 cm³/mol. The molecule has 0 spiro atoms. The van der Waals surface area contributed by atoms with Crippen LogP contribution in [-0.4, -0.2) is 37.7 Å². The van der Waals surface area contributed by atoms with Crippen molar-refractivity contribution in [2.24, 2.45) is 0 Å². The normalized spacial score (nSPS) is 17.0. The number of likely N-dealkylation sites (tertiary alicyclic amines) is 1. The van der Waals surface area contributed by atoms with Crippen molar-refractivity contribution in [3.63, 3.8) is 0 Å². The van der Waals surface area contributed by atoms with E-state index in [1.165, 1.54) is 37.9 Å². The van der Waals surface area contributed by atoms with Gasteiger partial charge in [0.15, 0.2) is 0 Å². The molecule has 118 valence electrons. The van der Waals surface area contributed by atoms with Crippen molar-refractivity contribution < 1.29 is 4.74 Å². The number of hydrogen-bond donors (Lipinski definition) is 1. The van der Waals surface area contributed by atoms with Gasteiger partial charge < -0.3 is 15.0 Å². The minimum absolute atomic E-state index is 0.434. The average molecular weight is 290 g/mol. The predicted octanol–water partition coefficient (Wildman–Crippen LogP) is 3.61. The standard InChI is InChI=1S/C18H30N2O/c1-3-11-19-18(15-20-12-5-6-13-20)16-7-9-17(10-8-16)21-14-4-2/h7-10,18-19H,3-6,11-15H2,1-2H3. The van der Waals surface area contributed by atoms with Gasteiger partial charge in [0.2, 0.25) is 0 Å². The fourth-order valence-electron chi connectivity index (χ4n) is 2.85. The number of hydrogen-bond acceptors (Lipinski definition) is 3. The average Bonchev–Trinajstić information content (AvgIpc) is 3.03. The Labute approximate surface area is 129 Å². The zero-order valence-electron chi connectivity index (χ0n) is 13.6. The smallest absolute Gasteiger partial charge is 0.119 e. The third kappa shape index (κ3) is 5.33. The van der Waals surface area contributed by atoms with Crippen molar-refractivity contribution in [1.82, 2.24) is 10.2 Å². The SMILES string of the molecule is CCCNC(CN1CCCC1)c1ccc(OCCC)cc1. The van der Waals surface area contributed by atoms with Gasteiger partial charge in [0, 0.05) is 12.6 Å². The fourth-order valence-corrected chi connectivity index (χ4v) is 2.85. The highest BCUT2D eigenvalue weighted by molar-refractivity contribution is 5.29. The van der Waals surface area contributed by atoms with Crippen LogP contribution in [0.4, 0.5) is 0 Å². The van der Waals surface area contributed by atoms with Gasteiger partial charge in [-0.3, -0.25) is 0 Å². The van der Waals surface area contributed by atoms with Crippen LogP contribution in [0, 0.1) is 0 Å². The van der Waals surface area contributed by atoms with Gasteiger partial charge in [0.05, 0.1) is 6.61 Å². The summed E-state index contributed by atoms with van der Waals surface area (Å²) < 4.78 is 5.67. The molecule has 1 fully saturated rings. The molecule has 1 aromatic rings. The summed E-state index contributed by atoms with van der Waals surface area (Å²) in [5, 5.41) is 3.69. The van der Waals surface area contributed by atoms with E-state index < -0.39 is 0 Å². The topological polar surface area (TPSA) is 24.5 Å². The first-order valence-electron chi connectivity index (χ1n) is 8.52. The summed E-state index contributed by atoms with van der Waals surface area (Å²) in [6, 6.07) is 9.08. The molecule has 1 aromatic carbocycles. The lowest BCUT2D eigenvalue weighted by Gasteiger charge is -2.25. The van der Waals surface area contributed by atoms with Crippen LogP contribution >= 0.6 is 0 Å². The lowest BCUT2D eigenvalue weighted by atomic mass is 10.1. The van der Waals surface area contributed by atoms with E-state index in [0.717, 1.165) is 31.9 Å². The second kappa shape index (κ2) is 9.06. The molecule has 0 amide bonds. The maximum Gasteiger partial charge on any atom is 0.119 e. The Kier molecular flexibility index (Phi) is 7.04. The Morgan fingerprint density at radius 3 is 2.43 bits per heavy atom. The highest BCUT2D eigenvalue weighted by Crippen LogP contribution is 2.21. The van der Waals surface area contributed by atoms with Gasteiger partial charge in [-0.15, -0.1) is 0 Å². The van der Waals surface area contributed by atoms with Crippen LogP contribution in [0.3, 0.4) is 0 Å². The molecule has 2 rings (SSSR count). The van der Waals surface area contributed by atoms with Crippen LogP contribution in [0.2, 0.25) is 0 Å². The Morgan fingerprint density at radius 2 is 1.81 bits per heavy atom. The third-order valence-electron chi connectivity index (χ3n) is 4.04. The molecule has 0 bridgehead atoms. The molecule has 1 heterocycles. The van der Waals surface area contributed by atoms with Crippen molar-refractivity contribution >= 4 is 0 Å². The van der Waals surface area contributed by atoms with Gasteiger partial charge in [-0.2, -0.15) is 0 Å². The van der Waals surface area contributed by atoms with Crippen LogP contribution in [0.1, 0.15) is 51.1 Å². The van der Waals surface area contributed by atoms with Crippen molar-refractivity contribution in [2.45, 2.75) is 45.6 Å². The number of rotatable bonds is 9. The maximum absolute atomic E-state index is 5.67. The molecule has 1 saturated heterocycles. The van der Waals surface area contributed by atoms with Crippen molar-refractivity contribution in [2.75, 3.05) is 32.8 Å². The van der Waals surface area contributed by atoms with E-state index in [4.69, 9.17) is 4.74 Å². The zero-order chi connectivity index (χ0) is 14.9. The first kappa shape index (κ1) is 16.3. The lowest BCUT2D eigenvalue weighted by molar-refractivity contribution is 0.292. The molecule has 1 atom stereocenters. The summed E-state index contributed by atoms with van der Waals surface area (Å²) in [5.74, 6) is 0.982. The molecule has 0 aromatic heterocycles. The van der Waals surface area contributed by atoms with Crippen molar-refractivity contribution in [1.29, 1.82) is 0 Å². The molecular formula is C18H30N2O. The minimum Gasteiger partial charge on any atom is -0.494 e. The lowest BCUT2D eigenvalue weighted by Crippen LogP contribution is -2.34. The zero-order valence-corrected chi connectivity index (χ0v) is 13.6. The van der Waals surface area contributed by atoms with E-state index in [2.05, 4.69) is 48.3 Å². The minimum atomic E-state index is 0.434. The Balaban J connectivity index is 1.97. The summed E-state index contributed by atoms with van der Waals surface area (Å²) in [4.78, 5) is 2.58. The quantitative estimate of drug-likeness (QED) is 0.752. The largest absolute Gasteiger partial charge is 0.494 e. The highest BCUT2D eigenvalue weighted by atomic mass is 16.5. The molecular weight excluding hydrogens is 260 g/mol. The van der Waals surface area contributed by atoms with Crippen LogP contribution in [0.5, 0.6) is 5.75 Å². The number of ether oxygens (including phenoxy) is 1. The fraction of sp³-hybridized carbons (Fsp3) is 0.667. The molecule has 1 aliphatic heterocycles. The van der Waals surface area contributed by atoms with E-state index in [9.17, 15) is 0 Å². The van der Waals surface area contributed by atoms with Gasteiger partial charge in [-0.05, 0) is 63.0 Å². The van der Waals surface area contributed by atoms with Crippen molar-refractivity contribution in [3.05, 3.63) is 29.8 Å². The summed E-state index contributed by atoms with van der Waals surface area (Å²) >= 11 is 0. The van der Waals surface area contributed by atoms with Crippen molar-refractivity contribution in [3.8, 4) is 5.75 Å². The highest BCUT2D eigenvalue weighted by Gasteiger charge is 2.18. The molecule has 3 nitrogen and oxygen atoms in total. The number of benzene rings is 1. The summed E-state index contributed by atoms with van der Waals surface area (Å²) in [6.07, 6.45) is 4.93. The Bertz CT molecular complexity index is 385.